The number of rotatable bonds is 12. The van der Waals surface area contributed by atoms with E-state index in [4.69, 9.17) is 40.0 Å². The summed E-state index contributed by atoms with van der Waals surface area (Å²) in [7, 11) is 0. The number of esters is 2. The lowest BCUT2D eigenvalue weighted by atomic mass is 9.99. The molecule has 3 heterocycles. The van der Waals surface area contributed by atoms with E-state index in [1.54, 1.807) is 12.1 Å². The Bertz CT molecular complexity index is 1900. The van der Waals surface area contributed by atoms with Crippen LogP contribution in [0.4, 0.5) is 0 Å². The number of fused-ring (bicyclic) bond motifs is 1. The first-order valence-electron chi connectivity index (χ1n) is 18.5. The maximum atomic E-state index is 13.4. The first-order chi connectivity index (χ1) is 26.6. The van der Waals surface area contributed by atoms with Crippen LogP contribution in [0.2, 0.25) is 5.02 Å². The van der Waals surface area contributed by atoms with Crippen LogP contribution in [0.15, 0.2) is 73.3 Å². The quantitative estimate of drug-likeness (QED) is 0.171. The van der Waals surface area contributed by atoms with Gasteiger partial charge in [0.2, 0.25) is 6.29 Å². The molecule has 3 aliphatic heterocycles. The molecule has 3 aromatic carbocycles. The van der Waals surface area contributed by atoms with Crippen molar-refractivity contribution in [3.63, 3.8) is 0 Å². The van der Waals surface area contributed by atoms with Gasteiger partial charge >= 0.3 is 11.9 Å². The molecule has 0 radical (unpaired) electrons. The highest BCUT2D eigenvalue weighted by Crippen LogP contribution is 2.36. The van der Waals surface area contributed by atoms with Gasteiger partial charge in [-0.25, -0.2) is 9.59 Å². The smallest absolute Gasteiger partial charge is 0.342 e. The fraction of sp³-hybridized carbons (Fsp3) is 0.439. The van der Waals surface area contributed by atoms with E-state index in [2.05, 4.69) is 6.58 Å². The lowest BCUT2D eigenvalue weighted by Gasteiger charge is -2.38. The van der Waals surface area contributed by atoms with Crippen molar-refractivity contribution < 1.29 is 58.1 Å². The number of ether oxygens (including phenoxy) is 6. The van der Waals surface area contributed by atoms with E-state index >= 15 is 0 Å². The Labute approximate surface area is 323 Å². The number of hydrogen-bond acceptors (Lipinski definition) is 12. The van der Waals surface area contributed by atoms with Gasteiger partial charge in [-0.3, -0.25) is 4.79 Å². The second kappa shape index (κ2) is 17.2. The van der Waals surface area contributed by atoms with Crippen molar-refractivity contribution in [2.75, 3.05) is 13.2 Å². The molecule has 55 heavy (non-hydrogen) atoms. The summed E-state index contributed by atoms with van der Waals surface area (Å²) in [6.45, 7) is 4.75. The highest BCUT2D eigenvalue weighted by Gasteiger charge is 2.49. The van der Waals surface area contributed by atoms with Crippen molar-refractivity contribution in [2.24, 2.45) is 0 Å². The standard InChI is InChI=1S/C41H44ClNO12/c1-2-15-51-40(49)37-35(45)34(44)36(46)41(54-37)55-39(48)31-19-25(9-14-32(31)42)24-7-5-6-23(17-24)22-52-28-12-13-30-26(18-28)21-43(38(30)47)27-10-11-29(20-27)53-33-8-3-4-16-50-33/h2,5-7,9,12-14,17-19,27,29,33-37,41,44-46H,1,3-4,8,10-11,15-16,20-22H2/t27?,29?,33?,34-,35-,36+,37-,41?/m0/s1. The first-order valence-corrected chi connectivity index (χ1v) is 18.9. The van der Waals surface area contributed by atoms with Gasteiger partial charge in [-0.15, -0.1) is 0 Å². The highest BCUT2D eigenvalue weighted by molar-refractivity contribution is 6.33. The Balaban J connectivity index is 0.967. The molecule has 4 unspecified atom stereocenters. The summed E-state index contributed by atoms with van der Waals surface area (Å²) in [5.74, 6) is -1.36. The molecule has 4 aliphatic rings. The Kier molecular flexibility index (Phi) is 12.2. The van der Waals surface area contributed by atoms with E-state index in [0.29, 0.717) is 23.4 Å². The van der Waals surface area contributed by atoms with Crippen molar-refractivity contribution in [2.45, 2.75) is 101 Å². The number of aliphatic hydroxyl groups is 3. The molecule has 1 saturated carbocycles. The van der Waals surface area contributed by atoms with Gasteiger partial charge in [-0.1, -0.05) is 48.5 Å². The lowest BCUT2D eigenvalue weighted by molar-refractivity contribution is -0.279. The minimum Gasteiger partial charge on any atom is -0.489 e. The van der Waals surface area contributed by atoms with Crippen LogP contribution in [0.5, 0.6) is 5.75 Å². The zero-order valence-corrected chi connectivity index (χ0v) is 30.8. The molecule has 2 saturated heterocycles. The van der Waals surface area contributed by atoms with E-state index in [0.717, 1.165) is 61.8 Å². The summed E-state index contributed by atoms with van der Waals surface area (Å²) in [6.07, 6.45) is -2.14. The maximum absolute atomic E-state index is 13.4. The number of carbonyl (C=O) groups is 3. The van der Waals surface area contributed by atoms with Crippen LogP contribution in [0.25, 0.3) is 11.1 Å². The third-order valence-electron chi connectivity index (χ3n) is 10.4. The second-order valence-corrected chi connectivity index (χ2v) is 14.6. The topological polar surface area (TPSA) is 171 Å². The Morgan fingerprint density at radius 2 is 1.80 bits per heavy atom. The van der Waals surface area contributed by atoms with Crippen LogP contribution in [-0.4, -0.2) is 100 Å². The van der Waals surface area contributed by atoms with Gasteiger partial charge in [0.05, 0.1) is 16.7 Å². The summed E-state index contributed by atoms with van der Waals surface area (Å²) in [6, 6.07) is 17.9. The SMILES string of the molecule is C=CCOC(=O)[C@H]1OC(OC(=O)c2cc(-c3cccc(COc4ccc5c(c4)CN(C4CCC(OC6CCCCO6)C4)C5=O)c3)ccc2Cl)[C@H](O)[C@@H](O)[C@@H]1O. The van der Waals surface area contributed by atoms with Crippen molar-refractivity contribution in [1.29, 1.82) is 0 Å². The average Bonchev–Trinajstić information content (AvgIpc) is 3.80. The van der Waals surface area contributed by atoms with Gasteiger partial charge in [0.1, 0.15) is 37.3 Å². The van der Waals surface area contributed by atoms with Crippen LogP contribution in [-0.2, 0) is 41.6 Å². The molecule has 3 fully saturated rings. The molecule has 0 spiro atoms. The summed E-state index contributed by atoms with van der Waals surface area (Å²) >= 11 is 6.38. The molecule has 7 rings (SSSR count). The molecule has 13 nitrogen and oxygen atoms in total. The number of benzene rings is 3. The van der Waals surface area contributed by atoms with Crippen LogP contribution in [0.3, 0.4) is 0 Å². The molecule has 3 aromatic rings. The molecule has 1 aliphatic carbocycles. The molecule has 3 N–H and O–H groups in total. The third-order valence-corrected chi connectivity index (χ3v) is 10.7. The third kappa shape index (κ3) is 8.73. The van der Waals surface area contributed by atoms with Gasteiger partial charge < -0.3 is 48.6 Å². The number of halogens is 1. The van der Waals surface area contributed by atoms with E-state index in [-0.39, 0.29) is 48.1 Å². The number of amides is 1. The number of nitrogens with zero attached hydrogens (tertiary/aromatic N) is 1. The fourth-order valence-electron chi connectivity index (χ4n) is 7.46. The molecule has 292 valence electrons. The van der Waals surface area contributed by atoms with E-state index in [9.17, 15) is 29.7 Å². The molecule has 0 aromatic heterocycles. The monoisotopic (exact) mass is 777 g/mol. The van der Waals surface area contributed by atoms with Gasteiger partial charge in [0.25, 0.3) is 5.91 Å². The maximum Gasteiger partial charge on any atom is 0.342 e. The molecule has 14 heteroatoms. The summed E-state index contributed by atoms with van der Waals surface area (Å²) in [5, 5.41) is 31.1. The van der Waals surface area contributed by atoms with Crippen LogP contribution >= 0.6 is 11.6 Å². The van der Waals surface area contributed by atoms with Crippen LogP contribution in [0.1, 0.15) is 70.4 Å². The minimum absolute atomic E-state index is 0.0343. The van der Waals surface area contributed by atoms with Gasteiger partial charge in [-0.2, -0.15) is 0 Å². The zero-order chi connectivity index (χ0) is 38.6. The lowest BCUT2D eigenvalue weighted by Crippen LogP contribution is -2.60. The van der Waals surface area contributed by atoms with Crippen molar-refractivity contribution in [1.82, 2.24) is 4.90 Å². The average molecular weight is 778 g/mol. The molecular formula is C41H44ClNO12. The van der Waals surface area contributed by atoms with Gasteiger partial charge in [0.15, 0.2) is 12.4 Å². The summed E-state index contributed by atoms with van der Waals surface area (Å²) in [4.78, 5) is 41.0. The molecular weight excluding hydrogens is 734 g/mol. The zero-order valence-electron chi connectivity index (χ0n) is 30.1. The predicted octanol–water partition coefficient (Wildman–Crippen LogP) is 4.70. The number of aliphatic hydroxyl groups excluding tert-OH is 3. The van der Waals surface area contributed by atoms with Crippen molar-refractivity contribution in [3.8, 4) is 16.9 Å². The number of hydrogen-bond donors (Lipinski definition) is 3. The predicted molar refractivity (Wildman–Crippen MR) is 197 cm³/mol. The largest absolute Gasteiger partial charge is 0.489 e. The first kappa shape index (κ1) is 38.9. The molecule has 8 atom stereocenters. The number of carbonyl (C=O) groups excluding carboxylic acids is 3. The van der Waals surface area contributed by atoms with Crippen LogP contribution < -0.4 is 4.74 Å². The van der Waals surface area contributed by atoms with E-state index in [1.165, 1.54) is 18.2 Å². The Morgan fingerprint density at radius 1 is 0.964 bits per heavy atom. The summed E-state index contributed by atoms with van der Waals surface area (Å²) < 4.78 is 33.7. The normalized spacial score (nSPS) is 27.7. The summed E-state index contributed by atoms with van der Waals surface area (Å²) in [5.41, 5.74) is 3.76. The van der Waals surface area contributed by atoms with Crippen molar-refractivity contribution >= 4 is 29.4 Å². The highest BCUT2D eigenvalue weighted by atomic mass is 35.5. The Hall–Kier alpha value is -4.34. The van der Waals surface area contributed by atoms with Gasteiger partial charge in [0, 0.05) is 24.8 Å². The van der Waals surface area contributed by atoms with E-state index < -0.39 is 42.6 Å². The van der Waals surface area contributed by atoms with Crippen LogP contribution in [0, 0.1) is 0 Å². The Morgan fingerprint density at radius 3 is 2.60 bits per heavy atom. The minimum atomic E-state index is -1.87. The van der Waals surface area contributed by atoms with Gasteiger partial charge in [-0.05, 0) is 97.2 Å². The molecule has 1 amide bonds. The molecule has 0 bridgehead atoms. The van der Waals surface area contributed by atoms with E-state index in [1.807, 2.05) is 41.3 Å². The fourth-order valence-corrected chi connectivity index (χ4v) is 7.66. The second-order valence-electron chi connectivity index (χ2n) is 14.2. The van der Waals surface area contributed by atoms with Crippen molar-refractivity contribution in [3.05, 3.63) is 101 Å².